The summed E-state index contributed by atoms with van der Waals surface area (Å²) >= 11 is 0. The van der Waals surface area contributed by atoms with Gasteiger partial charge in [-0.25, -0.2) is 9.53 Å². The van der Waals surface area contributed by atoms with Gasteiger partial charge in [0.15, 0.2) is 0 Å². The fourth-order valence-electron chi connectivity index (χ4n) is 2.45. The number of halogens is 8. The molecule has 29 heavy (non-hydrogen) atoms. The van der Waals surface area contributed by atoms with E-state index >= 15 is 0 Å². The monoisotopic (exact) mass is 445 g/mol. The third kappa shape index (κ3) is 8.61. The normalized spacial score (nSPS) is 13.6. The van der Waals surface area contributed by atoms with Crippen LogP contribution in [0, 0.1) is 0 Å². The first-order valence-corrected chi connectivity index (χ1v) is 9.31. The Hall–Kier alpha value is -1.17. The first kappa shape index (κ1) is 27.8. The molecular weight excluding hydrogens is 420 g/mol. The van der Waals surface area contributed by atoms with Gasteiger partial charge in [-0.05, 0) is 6.42 Å². The summed E-state index contributed by atoms with van der Waals surface area (Å²) in [6, 6.07) is 0. The molecule has 0 saturated carbocycles. The Morgan fingerprint density at radius 2 is 1.14 bits per heavy atom. The molecule has 0 bridgehead atoms. The Kier molecular flexibility index (Phi) is 11.4. The zero-order valence-corrected chi connectivity index (χ0v) is 15.9. The van der Waals surface area contributed by atoms with Crippen LogP contribution in [-0.4, -0.2) is 30.0 Å². The Bertz CT molecular complexity index is 486. The predicted octanol–water partition coefficient (Wildman–Crippen LogP) is 5.59. The van der Waals surface area contributed by atoms with Crippen LogP contribution in [-0.2, 0) is 14.4 Å². The van der Waals surface area contributed by atoms with E-state index in [-0.39, 0.29) is 6.42 Å². The van der Waals surface area contributed by atoms with Crippen LogP contribution < -0.4 is 5.26 Å². The van der Waals surface area contributed by atoms with Crippen LogP contribution in [0.2, 0.25) is 0 Å². The summed E-state index contributed by atoms with van der Waals surface area (Å²) in [5.74, 6) is -14.8. The number of hydrogen-bond donors (Lipinski definition) is 0. The summed E-state index contributed by atoms with van der Waals surface area (Å²) in [7, 11) is 0. The molecular formula is C17H25F8O4-. The van der Waals surface area contributed by atoms with Crippen LogP contribution in [0.4, 0.5) is 35.1 Å². The molecule has 4 nitrogen and oxygen atoms in total. The second-order valence-electron chi connectivity index (χ2n) is 6.72. The van der Waals surface area contributed by atoms with E-state index in [9.17, 15) is 45.2 Å². The highest BCUT2D eigenvalue weighted by Gasteiger charge is 2.71. The molecule has 0 aliphatic heterocycles. The molecule has 0 atom stereocenters. The van der Waals surface area contributed by atoms with Crippen molar-refractivity contribution >= 4 is 5.97 Å². The molecule has 0 saturated heterocycles. The third-order valence-electron chi connectivity index (χ3n) is 4.22. The van der Waals surface area contributed by atoms with Crippen molar-refractivity contribution in [1.29, 1.82) is 0 Å². The Morgan fingerprint density at radius 3 is 1.55 bits per heavy atom. The maximum Gasteiger partial charge on any atom is 0.435 e. The van der Waals surface area contributed by atoms with E-state index < -0.39 is 42.9 Å². The first-order valence-electron chi connectivity index (χ1n) is 9.31. The molecule has 0 heterocycles. The van der Waals surface area contributed by atoms with Gasteiger partial charge in [-0.3, -0.25) is 0 Å². The molecule has 0 aliphatic carbocycles. The summed E-state index contributed by atoms with van der Waals surface area (Å²) < 4.78 is 108. The highest BCUT2D eigenvalue weighted by atomic mass is 19.3. The van der Waals surface area contributed by atoms with Gasteiger partial charge < -0.3 is 10.1 Å². The molecule has 0 aromatic heterocycles. The number of unbranched alkanes of at least 4 members (excludes halogenated alkanes) is 9. The molecule has 174 valence electrons. The maximum atomic E-state index is 13.5. The Balaban J connectivity index is 4.47. The zero-order chi connectivity index (χ0) is 22.8. The zero-order valence-electron chi connectivity index (χ0n) is 15.9. The fraction of sp³-hybridized carbons (Fsp3) is 0.941. The van der Waals surface area contributed by atoms with Crippen LogP contribution in [0.25, 0.3) is 0 Å². The van der Waals surface area contributed by atoms with Gasteiger partial charge in [-0.1, -0.05) is 64.7 Å². The van der Waals surface area contributed by atoms with Crippen LogP contribution in [0.15, 0.2) is 0 Å². The first-order chi connectivity index (χ1) is 13.2. The summed E-state index contributed by atoms with van der Waals surface area (Å²) in [5.41, 5.74) is 0. The number of rotatable bonds is 16. The second kappa shape index (κ2) is 11.9. The fourth-order valence-corrected chi connectivity index (χ4v) is 2.45. The van der Waals surface area contributed by atoms with E-state index in [0.29, 0.717) is 12.8 Å². The standard InChI is InChI=1S/C17H26F8O4/c1-2-3-4-5-6-7-8-9-10-11-12-14(18,19)16(22,23)29-17(24,25)15(20,21)13(26)28-27/h27H,2-12H2,1H3/p-1. The Labute approximate surface area is 163 Å². The van der Waals surface area contributed by atoms with Gasteiger partial charge in [0.05, 0.1) is 0 Å². The number of alkyl halides is 8. The number of carbonyl (C=O) groups is 1. The minimum atomic E-state index is -6.39. The lowest BCUT2D eigenvalue weighted by Gasteiger charge is -2.32. The minimum absolute atomic E-state index is 0.107. The maximum absolute atomic E-state index is 13.5. The van der Waals surface area contributed by atoms with Gasteiger partial charge in [-0.2, -0.15) is 35.1 Å². The molecule has 12 heteroatoms. The number of carbonyl (C=O) groups excluding carboxylic acids is 1. The van der Waals surface area contributed by atoms with E-state index in [1.807, 2.05) is 0 Å². The molecule has 0 spiro atoms. The highest BCUT2D eigenvalue weighted by molar-refractivity contribution is 5.77. The van der Waals surface area contributed by atoms with Crippen LogP contribution in [0.5, 0.6) is 0 Å². The number of hydrogen-bond acceptors (Lipinski definition) is 4. The van der Waals surface area contributed by atoms with Gasteiger partial charge in [-0.15, -0.1) is 0 Å². The highest BCUT2D eigenvalue weighted by Crippen LogP contribution is 2.46. The van der Waals surface area contributed by atoms with Crippen molar-refractivity contribution in [2.45, 2.75) is 102 Å². The van der Waals surface area contributed by atoms with E-state index in [1.165, 1.54) is 0 Å². The van der Waals surface area contributed by atoms with E-state index in [1.54, 1.807) is 0 Å². The minimum Gasteiger partial charge on any atom is -0.661 e. The molecule has 0 N–H and O–H groups in total. The smallest absolute Gasteiger partial charge is 0.435 e. The lowest BCUT2D eigenvalue weighted by molar-refractivity contribution is -0.661. The van der Waals surface area contributed by atoms with E-state index in [4.69, 9.17) is 0 Å². The van der Waals surface area contributed by atoms with E-state index in [0.717, 1.165) is 38.5 Å². The van der Waals surface area contributed by atoms with Gasteiger partial charge in [0.2, 0.25) is 0 Å². The molecule has 0 aromatic rings. The van der Waals surface area contributed by atoms with Crippen molar-refractivity contribution in [1.82, 2.24) is 0 Å². The van der Waals surface area contributed by atoms with Crippen LogP contribution >= 0.6 is 0 Å². The van der Waals surface area contributed by atoms with Crippen molar-refractivity contribution < 1.29 is 54.8 Å². The lowest BCUT2D eigenvalue weighted by atomic mass is 10.0. The molecule has 0 unspecified atom stereocenters. The second-order valence-corrected chi connectivity index (χ2v) is 6.72. The van der Waals surface area contributed by atoms with E-state index in [2.05, 4.69) is 16.5 Å². The lowest BCUT2D eigenvalue weighted by Crippen LogP contribution is -2.57. The molecule has 0 aromatic carbocycles. The van der Waals surface area contributed by atoms with Crippen molar-refractivity contribution in [3.63, 3.8) is 0 Å². The predicted molar refractivity (Wildman–Crippen MR) is 83.4 cm³/mol. The average Bonchev–Trinajstić information content (AvgIpc) is 2.61. The largest absolute Gasteiger partial charge is 0.661 e. The van der Waals surface area contributed by atoms with Crippen molar-refractivity contribution in [2.24, 2.45) is 0 Å². The molecule has 0 rings (SSSR count). The van der Waals surface area contributed by atoms with Gasteiger partial charge in [0.1, 0.15) is 0 Å². The summed E-state index contributed by atoms with van der Waals surface area (Å²) in [4.78, 5) is 12.4. The van der Waals surface area contributed by atoms with Gasteiger partial charge >= 0.3 is 30.0 Å². The molecule has 0 fully saturated rings. The summed E-state index contributed by atoms with van der Waals surface area (Å²) in [5, 5.41) is 9.55. The summed E-state index contributed by atoms with van der Waals surface area (Å²) in [6.07, 6.45) is -7.08. The Morgan fingerprint density at radius 1 is 0.724 bits per heavy atom. The molecule has 0 radical (unpaired) electrons. The van der Waals surface area contributed by atoms with Crippen LogP contribution in [0.3, 0.4) is 0 Å². The molecule has 0 amide bonds. The van der Waals surface area contributed by atoms with Crippen molar-refractivity contribution in [3.8, 4) is 0 Å². The van der Waals surface area contributed by atoms with Crippen molar-refractivity contribution in [2.75, 3.05) is 0 Å². The molecule has 0 aliphatic rings. The SMILES string of the molecule is CCCCCCCCCCCCC(F)(F)C(F)(F)OC(F)(F)C(F)(F)C(=O)O[O-]. The van der Waals surface area contributed by atoms with Gasteiger partial charge in [0, 0.05) is 6.42 Å². The number of ether oxygens (including phenoxy) is 1. The van der Waals surface area contributed by atoms with Gasteiger partial charge in [0.25, 0.3) is 0 Å². The topological polar surface area (TPSA) is 58.6 Å². The summed E-state index contributed by atoms with van der Waals surface area (Å²) in [6.45, 7) is 2.07. The average molecular weight is 445 g/mol. The van der Waals surface area contributed by atoms with Crippen molar-refractivity contribution in [3.05, 3.63) is 0 Å². The van der Waals surface area contributed by atoms with Crippen LogP contribution in [0.1, 0.15) is 77.6 Å². The quantitative estimate of drug-likeness (QED) is 0.135. The third-order valence-corrected chi connectivity index (χ3v) is 4.22.